The summed E-state index contributed by atoms with van der Waals surface area (Å²) in [6, 6.07) is 12.4. The molecule has 0 radical (unpaired) electrons. The molecular formula is C59H85ClN12O6. The van der Waals surface area contributed by atoms with Crippen molar-refractivity contribution in [2.45, 2.75) is 143 Å². The second-order valence-corrected chi connectivity index (χ2v) is 24.0. The maximum atomic E-state index is 13.9. The summed E-state index contributed by atoms with van der Waals surface area (Å²) in [6.07, 6.45) is 15.6. The molecule has 4 aromatic rings. The Morgan fingerprint density at radius 2 is 1.03 bits per heavy atom. The summed E-state index contributed by atoms with van der Waals surface area (Å²) in [5.41, 5.74) is 7.54. The predicted octanol–water partition coefficient (Wildman–Crippen LogP) is 9.33. The van der Waals surface area contributed by atoms with Gasteiger partial charge in [-0.15, -0.1) is 12.4 Å². The van der Waals surface area contributed by atoms with Crippen molar-refractivity contribution in [3.8, 4) is 0 Å². The Hall–Kier alpha value is -6.14. The van der Waals surface area contributed by atoms with Crippen molar-refractivity contribution >= 4 is 76.5 Å². The second-order valence-electron chi connectivity index (χ2n) is 24.0. The molecule has 4 aliphatic heterocycles. The third-order valence-electron chi connectivity index (χ3n) is 16.9. The quantitative estimate of drug-likeness (QED) is 0.101. The number of hydrogen-bond donors (Lipinski definition) is 5. The minimum Gasteiger partial charge on any atom is -0.444 e. The van der Waals surface area contributed by atoms with Crippen molar-refractivity contribution in [3.05, 3.63) is 71.0 Å². The molecule has 4 fully saturated rings. The van der Waals surface area contributed by atoms with E-state index in [9.17, 15) is 24.0 Å². The van der Waals surface area contributed by atoms with Crippen LogP contribution >= 0.6 is 12.4 Å². The van der Waals surface area contributed by atoms with Gasteiger partial charge < -0.3 is 46.0 Å². The lowest BCUT2D eigenvalue weighted by Gasteiger charge is -2.33. The number of piperidine rings is 2. The molecule has 5 amide bonds. The monoisotopic (exact) mass is 1090 g/mol. The number of halogens is 1. The standard InChI is InChI=1S/C32H46N6O4.C27H38N6O2.ClH/c1-21-6-11-27-26(16-21)35-29-25(19-34-36(29)5)20-38(27)30(40)24-9-7-23(8-10-24)18-33-28(39)17-22-12-14-37(15-13-22)31(41)42-32(2,3)4;1-18-3-8-24-23(13-18)31-26-22(16-30-32(26)2)17-33(24)27(35)21-6-4-20(5-7-21)15-29-25(34)14-19-9-11-28-12-10-19;/h6,11,16,19,22-24,35H,7-10,12-15,17-18,20H2,1-5H3,(H,33,39);3,8,13,16,19-21,28,31H,4-7,9-12,14-15,17H2,1-2H3,(H,29,34);1H. The van der Waals surface area contributed by atoms with E-state index >= 15 is 0 Å². The van der Waals surface area contributed by atoms with Gasteiger partial charge in [-0.3, -0.25) is 28.5 Å². The van der Waals surface area contributed by atoms with E-state index in [-0.39, 0.29) is 59.9 Å². The minimum atomic E-state index is -0.501. The zero-order valence-electron chi connectivity index (χ0n) is 47.1. The molecule has 2 aliphatic carbocycles. The van der Waals surface area contributed by atoms with Gasteiger partial charge in [0.05, 0.1) is 48.2 Å². The number of aromatic nitrogens is 4. The van der Waals surface area contributed by atoms with E-state index in [2.05, 4.69) is 81.0 Å². The van der Waals surface area contributed by atoms with E-state index in [1.807, 2.05) is 72.5 Å². The largest absolute Gasteiger partial charge is 0.444 e. The van der Waals surface area contributed by atoms with Gasteiger partial charge in [0, 0.05) is 76.1 Å². The number of rotatable bonds is 10. The molecule has 6 heterocycles. The fourth-order valence-corrected chi connectivity index (χ4v) is 12.2. The third kappa shape index (κ3) is 14.6. The van der Waals surface area contributed by atoms with Gasteiger partial charge in [0.2, 0.25) is 23.6 Å². The number of nitrogens with one attached hydrogen (secondary N) is 5. The Labute approximate surface area is 467 Å². The Morgan fingerprint density at radius 1 is 0.603 bits per heavy atom. The molecule has 2 aromatic carbocycles. The number of anilines is 6. The highest BCUT2D eigenvalue weighted by molar-refractivity contribution is 6.01. The number of hydrogen-bond acceptors (Lipinski definition) is 11. The van der Waals surface area contributed by atoms with E-state index in [1.54, 1.807) is 4.90 Å². The van der Waals surface area contributed by atoms with Gasteiger partial charge >= 0.3 is 6.09 Å². The number of carbonyl (C=O) groups is 5. The molecule has 0 unspecified atom stereocenters. The van der Waals surface area contributed by atoms with Crippen molar-refractivity contribution in [2.75, 3.05) is 59.7 Å². The van der Waals surface area contributed by atoms with Crippen LogP contribution in [0.1, 0.15) is 133 Å². The Bertz CT molecular complexity index is 2740. The van der Waals surface area contributed by atoms with Gasteiger partial charge in [0.15, 0.2) is 0 Å². The number of aryl methyl sites for hydroxylation is 4. The molecule has 5 N–H and O–H groups in total. The highest BCUT2D eigenvalue weighted by Gasteiger charge is 2.36. The maximum Gasteiger partial charge on any atom is 0.410 e. The fourth-order valence-electron chi connectivity index (χ4n) is 12.2. The van der Waals surface area contributed by atoms with Crippen molar-refractivity contribution in [3.63, 3.8) is 0 Å². The first-order valence-electron chi connectivity index (χ1n) is 28.6. The summed E-state index contributed by atoms with van der Waals surface area (Å²) in [5, 5.41) is 25.5. The number of nitrogens with zero attached hydrogens (tertiary/aromatic N) is 7. The van der Waals surface area contributed by atoms with Gasteiger partial charge in [-0.25, -0.2) is 4.79 Å². The van der Waals surface area contributed by atoms with Crippen LogP contribution in [0.15, 0.2) is 48.8 Å². The number of fused-ring (bicyclic) bond motifs is 4. The smallest absolute Gasteiger partial charge is 0.410 e. The van der Waals surface area contributed by atoms with E-state index in [0.717, 1.165) is 153 Å². The zero-order valence-corrected chi connectivity index (χ0v) is 47.9. The molecule has 18 nitrogen and oxygen atoms in total. The third-order valence-corrected chi connectivity index (χ3v) is 16.9. The topological polar surface area (TPSA) is 200 Å². The fraction of sp³-hybridized carbons (Fsp3) is 0.610. The van der Waals surface area contributed by atoms with Crippen LogP contribution in [0.4, 0.5) is 39.2 Å². The highest BCUT2D eigenvalue weighted by atomic mass is 35.5. The molecule has 424 valence electrons. The lowest BCUT2D eigenvalue weighted by molar-refractivity contribution is -0.125. The number of benzene rings is 2. The zero-order chi connectivity index (χ0) is 54.4. The SMILES string of the molecule is Cc1ccc2c(c1)Nc1c(cnn1C)CN2C(=O)C1CCC(CNC(=O)CC2CCN(C(=O)OC(C)(C)C)CC2)CC1.Cc1ccc2c(c1)Nc1c(cnn1C)CN2C(=O)C1CCC(CNC(=O)CC2CCNCC2)CC1.Cl. The Kier molecular flexibility index (Phi) is 19.2. The van der Waals surface area contributed by atoms with Gasteiger partial charge in [-0.05, 0) is 184 Å². The molecule has 19 heteroatoms. The van der Waals surface area contributed by atoms with Crippen LogP contribution in [-0.4, -0.2) is 99.1 Å². The molecule has 10 rings (SSSR count). The Morgan fingerprint density at radius 3 is 1.45 bits per heavy atom. The van der Waals surface area contributed by atoms with E-state index in [0.29, 0.717) is 63.3 Å². The lowest BCUT2D eigenvalue weighted by Crippen LogP contribution is -2.42. The number of likely N-dealkylation sites (tertiary alicyclic amines) is 1. The normalized spacial score (nSPS) is 21.4. The van der Waals surface area contributed by atoms with Crippen LogP contribution in [0.2, 0.25) is 0 Å². The molecule has 2 aromatic heterocycles. The molecule has 6 aliphatic rings. The predicted molar refractivity (Wildman–Crippen MR) is 307 cm³/mol. The molecular weight excluding hydrogens is 1010 g/mol. The van der Waals surface area contributed by atoms with Crippen LogP contribution in [0.5, 0.6) is 0 Å². The van der Waals surface area contributed by atoms with Gasteiger partial charge in [0.1, 0.15) is 17.2 Å². The minimum absolute atomic E-state index is 0. The summed E-state index contributed by atoms with van der Waals surface area (Å²) in [6.45, 7) is 15.5. The van der Waals surface area contributed by atoms with Crippen LogP contribution < -0.4 is 36.4 Å². The van der Waals surface area contributed by atoms with Crippen molar-refractivity contribution in [1.82, 2.24) is 40.4 Å². The first-order valence-corrected chi connectivity index (χ1v) is 28.6. The van der Waals surface area contributed by atoms with Crippen LogP contribution in [0, 0.1) is 49.4 Å². The molecule has 2 saturated heterocycles. The van der Waals surface area contributed by atoms with E-state index < -0.39 is 5.60 Å². The van der Waals surface area contributed by atoms with Gasteiger partial charge in [0.25, 0.3) is 0 Å². The summed E-state index contributed by atoms with van der Waals surface area (Å²) in [7, 11) is 3.83. The second kappa shape index (κ2) is 25.8. The van der Waals surface area contributed by atoms with Crippen molar-refractivity contribution in [2.24, 2.45) is 49.6 Å². The van der Waals surface area contributed by atoms with Crippen molar-refractivity contribution in [1.29, 1.82) is 0 Å². The number of ether oxygens (including phenoxy) is 1. The first kappa shape index (κ1) is 58.0. The Balaban J connectivity index is 0.000000206. The first-order chi connectivity index (χ1) is 36.9. The van der Waals surface area contributed by atoms with Crippen molar-refractivity contribution < 1.29 is 28.7 Å². The summed E-state index contributed by atoms with van der Waals surface area (Å²) >= 11 is 0. The summed E-state index contributed by atoms with van der Waals surface area (Å²) in [4.78, 5) is 70.7. The van der Waals surface area contributed by atoms with Gasteiger partial charge in [-0.2, -0.15) is 10.2 Å². The number of carbonyl (C=O) groups excluding carboxylic acids is 5. The average Bonchev–Trinajstić information content (AvgIpc) is 3.86. The molecule has 0 atom stereocenters. The van der Waals surface area contributed by atoms with Crippen LogP contribution in [-0.2, 0) is 51.1 Å². The summed E-state index contributed by atoms with van der Waals surface area (Å²) < 4.78 is 9.13. The lowest BCUT2D eigenvalue weighted by atomic mass is 9.81. The van der Waals surface area contributed by atoms with Crippen LogP contribution in [0.3, 0.4) is 0 Å². The summed E-state index contributed by atoms with van der Waals surface area (Å²) in [5.74, 6) is 4.13. The highest BCUT2D eigenvalue weighted by Crippen LogP contribution is 2.41. The molecule has 2 saturated carbocycles. The van der Waals surface area contributed by atoms with Crippen LogP contribution in [0.25, 0.3) is 0 Å². The molecule has 0 bridgehead atoms. The van der Waals surface area contributed by atoms with E-state index in [4.69, 9.17) is 4.74 Å². The maximum absolute atomic E-state index is 13.9. The van der Waals surface area contributed by atoms with Gasteiger partial charge in [-0.1, -0.05) is 12.1 Å². The van der Waals surface area contributed by atoms with E-state index in [1.165, 1.54) is 0 Å². The number of amides is 5. The molecule has 78 heavy (non-hydrogen) atoms. The average molecular weight is 1090 g/mol. The molecule has 0 spiro atoms.